The predicted octanol–water partition coefficient (Wildman–Crippen LogP) is 15.2. The molecule has 0 aliphatic carbocycles. The second-order valence-corrected chi connectivity index (χ2v) is 16.5. The summed E-state index contributed by atoms with van der Waals surface area (Å²) >= 11 is 0. The normalized spacial score (nSPS) is 15.8. The molecule has 0 saturated heterocycles. The van der Waals surface area contributed by atoms with Gasteiger partial charge < -0.3 is 13.4 Å². The maximum atomic E-state index is 6.98. The Balaban J connectivity index is 1.13. The molecular weight excluding hydrogens is 759 g/mol. The predicted molar refractivity (Wildman–Crippen MR) is 258 cm³/mol. The van der Waals surface area contributed by atoms with Gasteiger partial charge in [0.1, 0.15) is 22.3 Å². The number of rotatable bonds is 4. The Labute approximate surface area is 356 Å². The maximum Gasteiger partial charge on any atom is 0.160 e. The maximum absolute atomic E-state index is 6.98. The van der Waals surface area contributed by atoms with Crippen LogP contribution in [-0.2, 0) is 0 Å². The molecule has 292 valence electrons. The molecule has 4 heterocycles. The zero-order valence-electron chi connectivity index (χ0n) is 33.8. The smallest absolute Gasteiger partial charge is 0.160 e. The fraction of sp³-hybridized carbons (Fsp3) is 0.0526. The third-order valence-electron chi connectivity index (χ3n) is 12.9. The van der Waals surface area contributed by atoms with Crippen molar-refractivity contribution in [3.63, 3.8) is 0 Å². The summed E-state index contributed by atoms with van der Waals surface area (Å²) in [5.74, 6) is 0.636. The van der Waals surface area contributed by atoms with Crippen molar-refractivity contribution >= 4 is 104 Å². The standard InChI is InChI=1S/C57H37N3O2/c1-34-28-30-47(58-57(44-23-12-17-35-14-4-5-18-38(35)44)59-54(34)45-24-13-22-42-40-20-7-10-26-51(40)61-55(42)45)53-49(31-29-43-41-21-8-11-27-52(41)62-56(43)53)60-48-25-9-6-19-39(48)46-32-36-15-2-3-16-37(36)33-50(46)60/h2-27,29-34H,28H2,1H3/b47-30+,58-57?,59-54?. The molecule has 0 bridgehead atoms. The number of hydrogen-bond donors (Lipinski definition) is 0. The van der Waals surface area contributed by atoms with Crippen molar-refractivity contribution in [2.45, 2.75) is 13.3 Å². The highest BCUT2D eigenvalue weighted by molar-refractivity contribution is 6.23. The molecule has 1 aliphatic heterocycles. The van der Waals surface area contributed by atoms with Gasteiger partial charge >= 0.3 is 0 Å². The topological polar surface area (TPSA) is 55.9 Å². The van der Waals surface area contributed by atoms with E-state index in [0.717, 1.165) is 99.5 Å². The summed E-state index contributed by atoms with van der Waals surface area (Å²) in [6.45, 7) is 2.27. The summed E-state index contributed by atoms with van der Waals surface area (Å²) in [5, 5.41) is 11.3. The molecule has 13 rings (SSSR count). The molecule has 1 atom stereocenters. The Kier molecular flexibility index (Phi) is 7.58. The third kappa shape index (κ3) is 5.21. The Bertz CT molecular complexity index is 3920. The van der Waals surface area contributed by atoms with E-state index in [1.165, 1.54) is 21.5 Å². The minimum atomic E-state index is 0.00205. The summed E-state index contributed by atoms with van der Waals surface area (Å²) in [4.78, 5) is 11.4. The molecule has 5 heteroatoms. The first-order valence-electron chi connectivity index (χ1n) is 21.3. The van der Waals surface area contributed by atoms with Crippen LogP contribution in [0.3, 0.4) is 0 Å². The van der Waals surface area contributed by atoms with Gasteiger partial charge in [0, 0.05) is 49.4 Å². The van der Waals surface area contributed by atoms with Crippen LogP contribution in [0.15, 0.2) is 207 Å². The summed E-state index contributed by atoms with van der Waals surface area (Å²) < 4.78 is 16.0. The summed E-state index contributed by atoms with van der Waals surface area (Å²) in [5.41, 5.74) is 11.2. The van der Waals surface area contributed by atoms with Crippen molar-refractivity contribution in [3.05, 3.63) is 205 Å². The fourth-order valence-electron chi connectivity index (χ4n) is 9.91. The molecule has 3 aromatic heterocycles. The molecule has 12 aromatic rings. The number of nitrogens with zero attached hydrogens (tertiary/aromatic N) is 3. The van der Waals surface area contributed by atoms with Crippen molar-refractivity contribution in [2.75, 3.05) is 0 Å². The van der Waals surface area contributed by atoms with E-state index in [9.17, 15) is 0 Å². The van der Waals surface area contributed by atoms with Gasteiger partial charge in [0.2, 0.25) is 0 Å². The molecular formula is C57H37N3O2. The lowest BCUT2D eigenvalue weighted by atomic mass is 9.91. The first-order valence-corrected chi connectivity index (χ1v) is 21.3. The number of allylic oxidation sites excluding steroid dienone is 1. The lowest BCUT2D eigenvalue weighted by molar-refractivity contribution is 0.666. The van der Waals surface area contributed by atoms with E-state index in [1.807, 2.05) is 18.2 Å². The lowest BCUT2D eigenvalue weighted by Crippen LogP contribution is -2.17. The number of benzene rings is 9. The highest BCUT2D eigenvalue weighted by Crippen LogP contribution is 2.43. The van der Waals surface area contributed by atoms with Crippen LogP contribution >= 0.6 is 0 Å². The molecule has 0 radical (unpaired) electrons. The van der Waals surface area contributed by atoms with Gasteiger partial charge in [-0.25, -0.2) is 9.98 Å². The van der Waals surface area contributed by atoms with Crippen LogP contribution in [0.1, 0.15) is 30.0 Å². The van der Waals surface area contributed by atoms with Gasteiger partial charge in [-0.1, -0.05) is 146 Å². The summed E-state index contributed by atoms with van der Waals surface area (Å²) in [7, 11) is 0. The Morgan fingerprint density at radius 2 is 1.06 bits per heavy atom. The van der Waals surface area contributed by atoms with Crippen molar-refractivity contribution in [1.82, 2.24) is 4.57 Å². The highest BCUT2D eigenvalue weighted by atomic mass is 16.3. The zero-order chi connectivity index (χ0) is 40.9. The van der Waals surface area contributed by atoms with Crippen molar-refractivity contribution < 1.29 is 8.83 Å². The molecule has 1 aliphatic rings. The quantitative estimate of drug-likeness (QED) is 0.178. The Hall–Kier alpha value is -8.02. The number of para-hydroxylation sites is 4. The molecule has 0 amide bonds. The Morgan fingerprint density at radius 3 is 1.87 bits per heavy atom. The van der Waals surface area contributed by atoms with Crippen LogP contribution in [0.25, 0.3) is 98.6 Å². The number of hydrogen-bond acceptors (Lipinski definition) is 4. The van der Waals surface area contributed by atoms with Gasteiger partial charge in [0.05, 0.1) is 33.7 Å². The fourth-order valence-corrected chi connectivity index (χ4v) is 9.91. The van der Waals surface area contributed by atoms with E-state index in [4.69, 9.17) is 18.8 Å². The SMILES string of the molecule is CC1C/C=C(\c2c(-n3c4ccccc4c4cc5ccccc5cc43)ccc3c2oc2ccccc23)N=C(c2cccc3ccccc23)N=C1c1cccc2c1oc1ccccc12. The monoisotopic (exact) mass is 795 g/mol. The molecule has 62 heavy (non-hydrogen) atoms. The van der Waals surface area contributed by atoms with Gasteiger partial charge in [-0.3, -0.25) is 0 Å². The van der Waals surface area contributed by atoms with E-state index in [2.05, 4.69) is 181 Å². The number of fused-ring (bicyclic) bond motifs is 11. The number of aliphatic imine (C=N–C) groups is 2. The van der Waals surface area contributed by atoms with Gasteiger partial charge in [-0.15, -0.1) is 0 Å². The van der Waals surface area contributed by atoms with Crippen molar-refractivity contribution in [2.24, 2.45) is 15.9 Å². The average Bonchev–Trinajstić information content (AvgIpc) is 3.99. The van der Waals surface area contributed by atoms with Crippen molar-refractivity contribution in [3.8, 4) is 5.69 Å². The second kappa shape index (κ2) is 13.5. The first-order chi connectivity index (χ1) is 30.7. The van der Waals surface area contributed by atoms with E-state index < -0.39 is 0 Å². The molecule has 0 N–H and O–H groups in total. The molecule has 0 saturated carbocycles. The number of furan rings is 2. The van der Waals surface area contributed by atoms with Crippen LogP contribution < -0.4 is 0 Å². The highest BCUT2D eigenvalue weighted by Gasteiger charge is 2.27. The Morgan fingerprint density at radius 1 is 0.468 bits per heavy atom. The molecule has 0 spiro atoms. The van der Waals surface area contributed by atoms with Crippen LogP contribution in [-0.4, -0.2) is 16.1 Å². The van der Waals surface area contributed by atoms with Gasteiger partial charge in [-0.05, 0) is 76.5 Å². The number of amidine groups is 1. The lowest BCUT2D eigenvalue weighted by Gasteiger charge is -2.21. The minimum absolute atomic E-state index is 0.00205. The van der Waals surface area contributed by atoms with Crippen LogP contribution in [0.5, 0.6) is 0 Å². The van der Waals surface area contributed by atoms with Gasteiger partial charge in [0.25, 0.3) is 0 Å². The molecule has 0 fully saturated rings. The number of aromatic nitrogens is 1. The largest absolute Gasteiger partial charge is 0.455 e. The van der Waals surface area contributed by atoms with Gasteiger partial charge in [-0.2, -0.15) is 0 Å². The first kappa shape index (κ1) is 34.8. The summed E-state index contributed by atoms with van der Waals surface area (Å²) in [6.07, 6.45) is 2.99. The van der Waals surface area contributed by atoms with Crippen molar-refractivity contribution in [1.29, 1.82) is 0 Å². The average molecular weight is 796 g/mol. The molecule has 1 unspecified atom stereocenters. The van der Waals surface area contributed by atoms with E-state index >= 15 is 0 Å². The summed E-state index contributed by atoms with van der Waals surface area (Å²) in [6, 6.07) is 64.3. The van der Waals surface area contributed by atoms with Crippen LogP contribution in [0.4, 0.5) is 0 Å². The van der Waals surface area contributed by atoms with E-state index in [0.29, 0.717) is 12.3 Å². The van der Waals surface area contributed by atoms with Crippen LogP contribution in [0, 0.1) is 5.92 Å². The minimum Gasteiger partial charge on any atom is -0.455 e. The molecule has 5 nitrogen and oxygen atoms in total. The second-order valence-electron chi connectivity index (χ2n) is 16.5. The van der Waals surface area contributed by atoms with Gasteiger partial charge in [0.15, 0.2) is 5.84 Å². The van der Waals surface area contributed by atoms with Crippen LogP contribution in [0.2, 0.25) is 0 Å². The molecule has 9 aromatic carbocycles. The third-order valence-corrected chi connectivity index (χ3v) is 12.9. The zero-order valence-corrected chi connectivity index (χ0v) is 33.8. The van der Waals surface area contributed by atoms with E-state index in [-0.39, 0.29) is 5.92 Å². The van der Waals surface area contributed by atoms with E-state index in [1.54, 1.807) is 0 Å².